The van der Waals surface area contributed by atoms with Crippen molar-refractivity contribution < 1.29 is 5.11 Å². The van der Waals surface area contributed by atoms with Crippen molar-refractivity contribution in [3.05, 3.63) is 156 Å². The van der Waals surface area contributed by atoms with E-state index in [0.717, 1.165) is 72.8 Å². The van der Waals surface area contributed by atoms with Gasteiger partial charge in [-0.1, -0.05) is 146 Å². The van der Waals surface area contributed by atoms with Crippen LogP contribution in [0.15, 0.2) is 134 Å². The summed E-state index contributed by atoms with van der Waals surface area (Å²) in [6, 6.07) is 44.9. The average Bonchev–Trinajstić information content (AvgIpc) is 3.66. The molecule has 8 rings (SSSR count). The molecule has 0 amide bonds. The highest BCUT2D eigenvalue weighted by Gasteiger charge is 2.43. The van der Waals surface area contributed by atoms with Crippen LogP contribution in [0.5, 0.6) is 5.75 Å². The summed E-state index contributed by atoms with van der Waals surface area (Å²) in [5.74, 6) is 0.292. The van der Waals surface area contributed by atoms with E-state index in [0.29, 0.717) is 5.75 Å². The SMILES string of the molecule is CC(C)(C)c1cc(-c2nn(-c3cc(-c4ccccc4)cc(-c4cc(-c5ccccc5)ccn4)c3)c3c2-c2ccccc2C3(C)C)c(O)c(C(C)(C)C)c1. The van der Waals surface area contributed by atoms with E-state index in [9.17, 15) is 5.11 Å². The molecule has 1 N–H and O–H groups in total. The van der Waals surface area contributed by atoms with Gasteiger partial charge in [-0.2, -0.15) is 5.10 Å². The number of pyridine rings is 1. The van der Waals surface area contributed by atoms with E-state index in [1.165, 1.54) is 11.1 Å². The molecule has 2 aromatic heterocycles. The van der Waals surface area contributed by atoms with Gasteiger partial charge >= 0.3 is 0 Å². The second kappa shape index (κ2) is 12.4. The Labute approximate surface area is 313 Å². The lowest BCUT2D eigenvalue weighted by atomic mass is 9.78. The standard InChI is InChI=1S/C49H47N3O/c1-47(2,3)36-29-39(45(53)41(30-36)48(4,5)6)44-43-38-21-15-16-22-40(38)49(7,8)46(43)52(51-44)37-26-34(32-19-13-10-14-20-32)25-35(27-37)42-28-33(23-24-50-42)31-17-11-9-12-18-31/h9-30,53H,1-8H3. The van der Waals surface area contributed by atoms with Crippen molar-refractivity contribution in [2.75, 3.05) is 0 Å². The molecule has 264 valence electrons. The van der Waals surface area contributed by atoms with Crippen LogP contribution in [0.2, 0.25) is 0 Å². The Morgan fingerprint density at radius 1 is 0.585 bits per heavy atom. The van der Waals surface area contributed by atoms with Crippen LogP contribution in [-0.2, 0) is 16.2 Å². The molecule has 0 atom stereocenters. The smallest absolute Gasteiger partial charge is 0.128 e. The first kappa shape index (κ1) is 34.4. The van der Waals surface area contributed by atoms with Crippen molar-refractivity contribution in [3.63, 3.8) is 0 Å². The molecular formula is C49H47N3O. The van der Waals surface area contributed by atoms with Gasteiger partial charge in [0.05, 0.1) is 17.1 Å². The number of benzene rings is 5. The first-order valence-electron chi connectivity index (χ1n) is 18.6. The van der Waals surface area contributed by atoms with E-state index in [-0.39, 0.29) is 16.2 Å². The summed E-state index contributed by atoms with van der Waals surface area (Å²) in [7, 11) is 0. The molecule has 0 unspecified atom stereocenters. The molecule has 0 bridgehead atoms. The van der Waals surface area contributed by atoms with Crippen molar-refractivity contribution in [2.24, 2.45) is 0 Å². The van der Waals surface area contributed by atoms with Crippen molar-refractivity contribution in [3.8, 4) is 67.3 Å². The zero-order chi connectivity index (χ0) is 37.3. The number of aromatic hydroxyl groups is 1. The van der Waals surface area contributed by atoms with Gasteiger partial charge < -0.3 is 5.11 Å². The number of hydrogen-bond acceptors (Lipinski definition) is 3. The van der Waals surface area contributed by atoms with Crippen molar-refractivity contribution in [1.29, 1.82) is 0 Å². The van der Waals surface area contributed by atoms with Crippen LogP contribution in [-0.4, -0.2) is 19.9 Å². The molecule has 0 saturated carbocycles. The van der Waals surface area contributed by atoms with Gasteiger partial charge in [-0.25, -0.2) is 4.68 Å². The second-order valence-electron chi connectivity index (χ2n) is 17.0. The van der Waals surface area contributed by atoms with E-state index in [1.54, 1.807) is 0 Å². The van der Waals surface area contributed by atoms with Crippen LogP contribution in [0.25, 0.3) is 61.6 Å². The normalized spacial score (nSPS) is 13.5. The highest BCUT2D eigenvalue weighted by Crippen LogP contribution is 2.55. The summed E-state index contributed by atoms with van der Waals surface area (Å²) in [6.45, 7) is 17.8. The van der Waals surface area contributed by atoms with Gasteiger partial charge in [-0.15, -0.1) is 0 Å². The molecule has 4 heteroatoms. The lowest BCUT2D eigenvalue weighted by Gasteiger charge is -2.27. The Balaban J connectivity index is 1.43. The van der Waals surface area contributed by atoms with Gasteiger partial charge in [-0.3, -0.25) is 4.98 Å². The molecule has 5 aromatic carbocycles. The third-order valence-electron chi connectivity index (χ3n) is 10.8. The molecule has 7 aromatic rings. The molecule has 4 nitrogen and oxygen atoms in total. The van der Waals surface area contributed by atoms with E-state index < -0.39 is 0 Å². The lowest BCUT2D eigenvalue weighted by Crippen LogP contribution is -2.20. The van der Waals surface area contributed by atoms with Gasteiger partial charge in [0, 0.05) is 33.9 Å². The number of phenolic OH excluding ortho intramolecular Hbond substituents is 1. The first-order valence-corrected chi connectivity index (χ1v) is 18.6. The summed E-state index contributed by atoms with van der Waals surface area (Å²) in [6.07, 6.45) is 1.90. The quantitative estimate of drug-likeness (QED) is 0.195. The van der Waals surface area contributed by atoms with E-state index >= 15 is 0 Å². The fourth-order valence-electron chi connectivity index (χ4n) is 7.90. The molecular weight excluding hydrogens is 647 g/mol. The molecule has 53 heavy (non-hydrogen) atoms. The van der Waals surface area contributed by atoms with E-state index in [2.05, 4.69) is 181 Å². The van der Waals surface area contributed by atoms with Crippen LogP contribution >= 0.6 is 0 Å². The minimum Gasteiger partial charge on any atom is -0.507 e. The number of rotatable bonds is 5. The minimum absolute atomic E-state index is 0.133. The van der Waals surface area contributed by atoms with Gasteiger partial charge in [0.1, 0.15) is 11.4 Å². The predicted octanol–water partition coefficient (Wildman–Crippen LogP) is 12.5. The molecule has 1 aliphatic rings. The third kappa shape index (κ3) is 5.96. The summed E-state index contributed by atoms with van der Waals surface area (Å²) in [5, 5.41) is 17.8. The summed E-state index contributed by atoms with van der Waals surface area (Å²) >= 11 is 0. The maximum Gasteiger partial charge on any atom is 0.128 e. The number of nitrogens with zero attached hydrogens (tertiary/aromatic N) is 3. The topological polar surface area (TPSA) is 50.9 Å². The molecule has 0 radical (unpaired) electrons. The maximum absolute atomic E-state index is 12.2. The Morgan fingerprint density at radius 2 is 1.21 bits per heavy atom. The van der Waals surface area contributed by atoms with Crippen LogP contribution < -0.4 is 0 Å². The molecule has 2 heterocycles. The van der Waals surface area contributed by atoms with Crippen LogP contribution in [0.3, 0.4) is 0 Å². The first-order chi connectivity index (χ1) is 25.2. The number of phenols is 1. The fourth-order valence-corrected chi connectivity index (χ4v) is 7.90. The third-order valence-corrected chi connectivity index (χ3v) is 10.8. The van der Waals surface area contributed by atoms with Crippen LogP contribution in [0.1, 0.15) is 77.8 Å². The zero-order valence-electron chi connectivity index (χ0n) is 32.0. The minimum atomic E-state index is -0.365. The summed E-state index contributed by atoms with van der Waals surface area (Å²) in [5.41, 5.74) is 14.8. The molecule has 0 fully saturated rings. The van der Waals surface area contributed by atoms with Crippen molar-refractivity contribution >= 4 is 0 Å². The van der Waals surface area contributed by atoms with Crippen molar-refractivity contribution in [1.82, 2.24) is 14.8 Å². The van der Waals surface area contributed by atoms with Gasteiger partial charge in [0.15, 0.2) is 0 Å². The second-order valence-corrected chi connectivity index (χ2v) is 17.0. The van der Waals surface area contributed by atoms with Crippen LogP contribution in [0, 0.1) is 0 Å². The molecule has 0 saturated heterocycles. The summed E-state index contributed by atoms with van der Waals surface area (Å²) < 4.78 is 2.14. The molecule has 0 aliphatic heterocycles. The van der Waals surface area contributed by atoms with Gasteiger partial charge in [0.2, 0.25) is 0 Å². The number of fused-ring (bicyclic) bond motifs is 3. The highest BCUT2D eigenvalue weighted by molar-refractivity contribution is 5.93. The highest BCUT2D eigenvalue weighted by atomic mass is 16.3. The average molecular weight is 694 g/mol. The van der Waals surface area contributed by atoms with E-state index in [1.807, 2.05) is 12.3 Å². The zero-order valence-corrected chi connectivity index (χ0v) is 32.0. The predicted molar refractivity (Wildman–Crippen MR) is 220 cm³/mol. The Morgan fingerprint density at radius 3 is 1.87 bits per heavy atom. The monoisotopic (exact) mass is 693 g/mol. The van der Waals surface area contributed by atoms with Crippen LogP contribution in [0.4, 0.5) is 0 Å². The van der Waals surface area contributed by atoms with Gasteiger partial charge in [0.25, 0.3) is 0 Å². The van der Waals surface area contributed by atoms with Gasteiger partial charge in [-0.05, 0) is 86.2 Å². The Bertz CT molecular complexity index is 2490. The Kier molecular flexibility index (Phi) is 8.07. The molecule has 1 aliphatic carbocycles. The number of hydrogen-bond donors (Lipinski definition) is 1. The summed E-state index contributed by atoms with van der Waals surface area (Å²) in [4.78, 5) is 4.91. The Hall–Kier alpha value is -5.74. The number of aromatic nitrogens is 3. The largest absolute Gasteiger partial charge is 0.507 e. The van der Waals surface area contributed by atoms with E-state index in [4.69, 9.17) is 10.1 Å². The van der Waals surface area contributed by atoms with Crippen molar-refractivity contribution in [2.45, 2.75) is 71.6 Å². The lowest BCUT2D eigenvalue weighted by molar-refractivity contribution is 0.446. The molecule has 0 spiro atoms. The maximum atomic E-state index is 12.2. The fraction of sp³-hybridized carbons (Fsp3) is 0.224.